The molecule has 0 bridgehead atoms. The summed E-state index contributed by atoms with van der Waals surface area (Å²) in [5.74, 6) is 0.652. The number of hydrogen-bond acceptors (Lipinski definition) is 4. The Labute approximate surface area is 115 Å². The summed E-state index contributed by atoms with van der Waals surface area (Å²) >= 11 is 0. The number of nitrogens with two attached hydrogens (primary N) is 1. The van der Waals surface area contributed by atoms with Crippen LogP contribution < -0.4 is 16.0 Å². The van der Waals surface area contributed by atoms with E-state index in [1.807, 2.05) is 18.2 Å². The predicted molar refractivity (Wildman–Crippen MR) is 77.5 cm³/mol. The summed E-state index contributed by atoms with van der Waals surface area (Å²) in [6.07, 6.45) is 1.49. The largest absolute Gasteiger partial charge is 0.473 e. The molecule has 0 atom stereocenters. The molecule has 0 aliphatic heterocycles. The fraction of sp³-hybridized carbons (Fsp3) is 0.0667. The van der Waals surface area contributed by atoms with Gasteiger partial charge in [-0.25, -0.2) is 4.98 Å². The molecule has 0 unspecified atom stereocenters. The van der Waals surface area contributed by atoms with Gasteiger partial charge in [0.05, 0.1) is 10.9 Å². The zero-order valence-corrected chi connectivity index (χ0v) is 10.7. The summed E-state index contributed by atoms with van der Waals surface area (Å²) in [7, 11) is 0. The van der Waals surface area contributed by atoms with Gasteiger partial charge >= 0.3 is 0 Å². The summed E-state index contributed by atoms with van der Waals surface area (Å²) in [5.41, 5.74) is 6.83. The molecule has 0 fully saturated rings. The van der Waals surface area contributed by atoms with Crippen molar-refractivity contribution in [3.8, 4) is 5.75 Å². The average Bonchev–Trinajstić information content (AvgIpc) is 2.49. The van der Waals surface area contributed by atoms with Gasteiger partial charge in [0.25, 0.3) is 5.56 Å². The van der Waals surface area contributed by atoms with E-state index < -0.39 is 0 Å². The van der Waals surface area contributed by atoms with Crippen LogP contribution in [0.5, 0.6) is 5.75 Å². The van der Waals surface area contributed by atoms with Crippen molar-refractivity contribution in [1.29, 1.82) is 0 Å². The third-order valence-corrected chi connectivity index (χ3v) is 2.98. The number of nitrogen functional groups attached to an aromatic ring is 1. The van der Waals surface area contributed by atoms with E-state index in [9.17, 15) is 4.79 Å². The van der Waals surface area contributed by atoms with Crippen molar-refractivity contribution < 1.29 is 4.74 Å². The molecule has 3 aromatic rings. The van der Waals surface area contributed by atoms with Crippen molar-refractivity contribution in [1.82, 2.24) is 9.55 Å². The minimum Gasteiger partial charge on any atom is -0.473 e. The van der Waals surface area contributed by atoms with E-state index >= 15 is 0 Å². The van der Waals surface area contributed by atoms with Crippen molar-refractivity contribution in [2.24, 2.45) is 0 Å². The Balaban J connectivity index is 1.86. The maximum absolute atomic E-state index is 12.2. The Morgan fingerprint density at radius 1 is 1.10 bits per heavy atom. The maximum Gasteiger partial charge on any atom is 0.263 e. The number of fused-ring (bicyclic) bond motifs is 1. The number of ether oxygens (including phenoxy) is 1. The monoisotopic (exact) mass is 267 g/mol. The second-order valence-corrected chi connectivity index (χ2v) is 4.38. The smallest absolute Gasteiger partial charge is 0.263 e. The van der Waals surface area contributed by atoms with Crippen molar-refractivity contribution in [3.63, 3.8) is 0 Å². The second kappa shape index (κ2) is 5.05. The molecule has 0 spiro atoms. The SMILES string of the molecule is Nc1ccc(OCn2cnc3ccccc3c2=O)cc1. The molecule has 100 valence electrons. The molecule has 0 radical (unpaired) electrons. The summed E-state index contributed by atoms with van der Waals surface area (Å²) in [5, 5.41) is 0.580. The number of para-hydroxylation sites is 1. The Morgan fingerprint density at radius 3 is 2.65 bits per heavy atom. The Morgan fingerprint density at radius 2 is 1.85 bits per heavy atom. The van der Waals surface area contributed by atoms with Gasteiger partial charge in [0.1, 0.15) is 12.1 Å². The van der Waals surface area contributed by atoms with E-state index in [-0.39, 0.29) is 12.3 Å². The van der Waals surface area contributed by atoms with Crippen LogP contribution in [0.25, 0.3) is 10.9 Å². The van der Waals surface area contributed by atoms with E-state index in [4.69, 9.17) is 10.5 Å². The predicted octanol–water partition coefficient (Wildman–Crippen LogP) is 2.02. The van der Waals surface area contributed by atoms with Gasteiger partial charge in [-0.2, -0.15) is 0 Å². The van der Waals surface area contributed by atoms with Crippen molar-refractivity contribution in [2.45, 2.75) is 6.73 Å². The molecule has 1 heterocycles. The van der Waals surface area contributed by atoms with E-state index in [0.717, 1.165) is 0 Å². The first-order valence-electron chi connectivity index (χ1n) is 6.16. The quantitative estimate of drug-likeness (QED) is 0.737. The maximum atomic E-state index is 12.2. The number of benzene rings is 2. The lowest BCUT2D eigenvalue weighted by Crippen LogP contribution is -2.23. The van der Waals surface area contributed by atoms with Gasteiger partial charge in [0.15, 0.2) is 6.73 Å². The molecule has 0 aliphatic carbocycles. The number of aromatic nitrogens is 2. The third kappa shape index (κ3) is 2.33. The molecule has 5 heteroatoms. The molecule has 0 amide bonds. The standard InChI is InChI=1S/C15H13N3O2/c16-11-5-7-12(8-6-11)20-10-18-9-17-14-4-2-1-3-13(14)15(18)19/h1-9H,10,16H2. The summed E-state index contributed by atoms with van der Waals surface area (Å²) < 4.78 is 6.97. The highest BCUT2D eigenvalue weighted by molar-refractivity contribution is 5.76. The van der Waals surface area contributed by atoms with Crippen molar-refractivity contribution >= 4 is 16.6 Å². The number of nitrogens with zero attached hydrogens (tertiary/aromatic N) is 2. The van der Waals surface area contributed by atoms with Crippen LogP contribution in [0.4, 0.5) is 5.69 Å². The lowest BCUT2D eigenvalue weighted by Gasteiger charge is -2.09. The highest BCUT2D eigenvalue weighted by atomic mass is 16.5. The third-order valence-electron chi connectivity index (χ3n) is 2.98. The van der Waals surface area contributed by atoms with Gasteiger partial charge in [-0.3, -0.25) is 9.36 Å². The summed E-state index contributed by atoms with van der Waals surface area (Å²) in [6.45, 7) is 0.112. The Bertz CT molecular complexity index is 794. The topological polar surface area (TPSA) is 70.1 Å². The highest BCUT2D eigenvalue weighted by Crippen LogP contribution is 2.13. The van der Waals surface area contributed by atoms with Gasteiger partial charge in [-0.15, -0.1) is 0 Å². The molecule has 3 rings (SSSR count). The second-order valence-electron chi connectivity index (χ2n) is 4.38. The van der Waals surface area contributed by atoms with Crippen LogP contribution in [0.1, 0.15) is 0 Å². The average molecular weight is 267 g/mol. The normalized spacial score (nSPS) is 10.6. The lowest BCUT2D eigenvalue weighted by molar-refractivity contribution is 0.231. The minimum absolute atomic E-state index is 0.112. The molecule has 0 saturated carbocycles. The molecular formula is C15H13N3O2. The van der Waals surface area contributed by atoms with Crippen LogP contribution in [0.3, 0.4) is 0 Å². The fourth-order valence-corrected chi connectivity index (χ4v) is 1.91. The first-order valence-corrected chi connectivity index (χ1v) is 6.16. The highest BCUT2D eigenvalue weighted by Gasteiger charge is 2.03. The Kier molecular flexibility index (Phi) is 3.09. The Hall–Kier alpha value is -2.82. The summed E-state index contributed by atoms with van der Waals surface area (Å²) in [6, 6.07) is 14.2. The fourth-order valence-electron chi connectivity index (χ4n) is 1.91. The van der Waals surface area contributed by atoms with E-state index in [0.29, 0.717) is 22.3 Å². The van der Waals surface area contributed by atoms with Crippen LogP contribution in [-0.4, -0.2) is 9.55 Å². The van der Waals surface area contributed by atoms with Crippen LogP contribution in [0.15, 0.2) is 59.7 Å². The minimum atomic E-state index is -0.119. The van der Waals surface area contributed by atoms with Gasteiger partial charge in [0, 0.05) is 5.69 Å². The molecule has 2 aromatic carbocycles. The van der Waals surface area contributed by atoms with E-state index in [1.165, 1.54) is 10.9 Å². The van der Waals surface area contributed by atoms with Gasteiger partial charge < -0.3 is 10.5 Å². The molecule has 0 saturated heterocycles. The first-order chi connectivity index (χ1) is 9.74. The van der Waals surface area contributed by atoms with Gasteiger partial charge in [-0.05, 0) is 36.4 Å². The molecule has 5 nitrogen and oxygen atoms in total. The number of anilines is 1. The van der Waals surface area contributed by atoms with Crippen LogP contribution in [0.2, 0.25) is 0 Å². The lowest BCUT2D eigenvalue weighted by atomic mass is 10.2. The molecule has 0 aliphatic rings. The molecule has 20 heavy (non-hydrogen) atoms. The van der Waals surface area contributed by atoms with Crippen molar-refractivity contribution in [3.05, 3.63) is 65.2 Å². The van der Waals surface area contributed by atoms with Crippen LogP contribution in [-0.2, 0) is 6.73 Å². The summed E-state index contributed by atoms with van der Waals surface area (Å²) in [4.78, 5) is 16.5. The number of rotatable bonds is 3. The van der Waals surface area contributed by atoms with Crippen LogP contribution in [0, 0.1) is 0 Å². The van der Waals surface area contributed by atoms with Crippen molar-refractivity contribution in [2.75, 3.05) is 5.73 Å². The van der Waals surface area contributed by atoms with Gasteiger partial charge in [0.2, 0.25) is 0 Å². The van der Waals surface area contributed by atoms with Crippen LogP contribution >= 0.6 is 0 Å². The zero-order valence-electron chi connectivity index (χ0n) is 10.7. The molecular weight excluding hydrogens is 254 g/mol. The zero-order chi connectivity index (χ0) is 13.9. The first kappa shape index (κ1) is 12.2. The van der Waals surface area contributed by atoms with E-state index in [2.05, 4.69) is 4.98 Å². The van der Waals surface area contributed by atoms with E-state index in [1.54, 1.807) is 30.3 Å². The molecule has 1 aromatic heterocycles. The molecule has 2 N–H and O–H groups in total. The number of hydrogen-bond donors (Lipinski definition) is 1. The van der Waals surface area contributed by atoms with Gasteiger partial charge in [-0.1, -0.05) is 12.1 Å².